The zero-order valence-corrected chi connectivity index (χ0v) is 48.3. The minimum atomic E-state index is -3.14. The van der Waals surface area contributed by atoms with Crippen molar-refractivity contribution in [3.05, 3.63) is 340 Å². The van der Waals surface area contributed by atoms with Crippen LogP contribution in [-0.4, -0.2) is 27.4 Å². The molecule has 0 unspecified atom stereocenters. The highest BCUT2D eigenvalue weighted by Gasteiger charge is 2.49. The van der Waals surface area contributed by atoms with Gasteiger partial charge in [-0.2, -0.15) is 0 Å². The summed E-state index contributed by atoms with van der Waals surface area (Å²) in [5, 5.41) is 13.2. The topological polar surface area (TPSA) is 11.4 Å². The first-order chi connectivity index (χ1) is 41.7. The fourth-order valence-corrected chi connectivity index (χ4v) is 24.4. The van der Waals surface area contributed by atoms with Crippen molar-refractivity contribution in [2.75, 3.05) is 9.80 Å². The lowest BCUT2D eigenvalue weighted by atomic mass is 9.33. The second-order valence-electron chi connectivity index (χ2n) is 22.3. The highest BCUT2D eigenvalue weighted by molar-refractivity contribution is 7.21. The average molecular weight is 1100 g/mol. The third kappa shape index (κ3) is 7.51. The van der Waals surface area contributed by atoms with Gasteiger partial charge < -0.3 is 14.4 Å². The van der Waals surface area contributed by atoms with E-state index in [-0.39, 0.29) is 6.71 Å². The van der Waals surface area contributed by atoms with Gasteiger partial charge in [-0.15, -0.1) is 0 Å². The van der Waals surface area contributed by atoms with E-state index in [1.54, 1.807) is 0 Å². The molecule has 0 amide bonds. The summed E-state index contributed by atoms with van der Waals surface area (Å²) >= 11 is 0. The molecule has 1 aromatic heterocycles. The average Bonchev–Trinajstić information content (AvgIpc) is 1.05. The van der Waals surface area contributed by atoms with E-state index in [4.69, 9.17) is 0 Å². The van der Waals surface area contributed by atoms with Crippen LogP contribution in [0.2, 0.25) is 0 Å². The summed E-state index contributed by atoms with van der Waals surface area (Å²) < 4.78 is 2.51. The lowest BCUT2D eigenvalue weighted by Crippen LogP contribution is -2.75. The Balaban J connectivity index is 1.05. The van der Waals surface area contributed by atoms with Gasteiger partial charge in [0.2, 0.25) is 0 Å². The number of nitrogens with zero attached hydrogens (tertiary/aromatic N) is 3. The van der Waals surface area contributed by atoms with Crippen molar-refractivity contribution in [3.63, 3.8) is 0 Å². The van der Waals surface area contributed by atoms with Gasteiger partial charge in [-0.05, 0) is 112 Å². The molecule has 0 bridgehead atoms. The third-order valence-electron chi connectivity index (χ3n) is 18.0. The first-order valence-corrected chi connectivity index (χ1v) is 33.2. The number of benzene rings is 13. The van der Waals surface area contributed by atoms with Crippen LogP contribution >= 0.6 is 0 Å². The van der Waals surface area contributed by atoms with Crippen molar-refractivity contribution in [2.45, 2.75) is 0 Å². The molecule has 16 rings (SSSR count). The number of hydrogen-bond acceptors (Lipinski definition) is 2. The summed E-state index contributed by atoms with van der Waals surface area (Å²) in [4.78, 5) is 5.25. The Bertz CT molecular complexity index is 4490. The fourth-order valence-electron chi connectivity index (χ4n) is 14.7. The number of fused-ring (bicyclic) bond motifs is 7. The molecule has 394 valence electrons. The zero-order valence-electron chi connectivity index (χ0n) is 46.3. The second kappa shape index (κ2) is 20.3. The molecular formula is C78H56BN3Si2. The van der Waals surface area contributed by atoms with Crippen molar-refractivity contribution >= 4 is 137 Å². The first kappa shape index (κ1) is 49.6. The normalized spacial score (nSPS) is 12.7. The SMILES string of the molecule is c1ccc(N2c3ccc([Si](c4ccccc4)(c4ccccc4)c4ccccc4)cc3B3c4ccccc4N(c4ccccc4[Si](c4ccccc4)(c4ccccc4)c4ccccc4)c4cc(-n5c6ccccc6c6ccccc65)cc2c43)cc1. The Morgan fingerprint density at radius 1 is 0.238 bits per heavy atom. The van der Waals surface area contributed by atoms with Gasteiger partial charge in [0, 0.05) is 44.9 Å². The summed E-state index contributed by atoms with van der Waals surface area (Å²) in [6.07, 6.45) is 0. The molecule has 0 radical (unpaired) electrons. The summed E-state index contributed by atoms with van der Waals surface area (Å²) in [5.41, 5.74) is 14.2. The van der Waals surface area contributed by atoms with Gasteiger partial charge in [-0.1, -0.05) is 285 Å². The largest absolute Gasteiger partial charge is 0.311 e. The lowest BCUT2D eigenvalue weighted by molar-refractivity contribution is 1.16. The van der Waals surface area contributed by atoms with Crippen LogP contribution in [0.25, 0.3) is 27.5 Å². The van der Waals surface area contributed by atoms with E-state index >= 15 is 0 Å². The smallest absolute Gasteiger partial charge is 0.252 e. The molecule has 0 spiro atoms. The minimum absolute atomic E-state index is 0.148. The van der Waals surface area contributed by atoms with Crippen molar-refractivity contribution in [2.24, 2.45) is 0 Å². The Hall–Kier alpha value is -10.2. The molecular weight excluding hydrogens is 1050 g/mol. The highest BCUT2D eigenvalue weighted by atomic mass is 28.3. The van der Waals surface area contributed by atoms with Crippen LogP contribution in [-0.2, 0) is 0 Å². The van der Waals surface area contributed by atoms with Gasteiger partial charge in [-0.25, -0.2) is 0 Å². The standard InChI is InChI=1S/C78H56BN3Si2/c1-8-30-57(31-9-1)80-73-53-52-65(83(59-32-10-2-11-33-59,60-34-12-3-13-35-60)61-36-14-4-15-37-61)56-69(73)79-68-46-24-27-49-72(68)82(76-55-58(54-75(80)78(76)79)81-70-47-25-22-44-66(70)67-45-23-26-48-71(67)81)74-50-28-29-51-77(74)84(62-38-16-5-17-39-62,63-40-18-6-19-41-63)64-42-20-7-21-43-64/h1-56H. The van der Waals surface area contributed by atoms with E-state index in [1.807, 2.05) is 0 Å². The number of hydrogen-bond donors (Lipinski definition) is 0. The van der Waals surface area contributed by atoms with Crippen molar-refractivity contribution < 1.29 is 0 Å². The zero-order chi connectivity index (χ0) is 55.6. The van der Waals surface area contributed by atoms with Crippen molar-refractivity contribution in [3.8, 4) is 5.69 Å². The summed E-state index contributed by atoms with van der Waals surface area (Å²) in [5.74, 6) is 0. The van der Waals surface area contributed by atoms with Crippen LogP contribution in [0, 0.1) is 0 Å². The van der Waals surface area contributed by atoms with Gasteiger partial charge in [0.05, 0.1) is 16.7 Å². The molecule has 6 heteroatoms. The number of aromatic nitrogens is 1. The van der Waals surface area contributed by atoms with Crippen LogP contribution in [0.4, 0.5) is 34.1 Å². The number of para-hydroxylation sites is 5. The van der Waals surface area contributed by atoms with Crippen LogP contribution < -0.4 is 67.7 Å². The Morgan fingerprint density at radius 2 is 0.619 bits per heavy atom. The minimum Gasteiger partial charge on any atom is -0.311 e. The van der Waals surface area contributed by atoms with Crippen LogP contribution in [0.5, 0.6) is 0 Å². The van der Waals surface area contributed by atoms with Gasteiger partial charge in [0.1, 0.15) is 0 Å². The maximum Gasteiger partial charge on any atom is 0.252 e. The maximum absolute atomic E-state index is 3.14. The number of anilines is 6. The third-order valence-corrected chi connectivity index (χ3v) is 27.6. The van der Waals surface area contributed by atoms with E-state index in [0.717, 1.165) is 22.7 Å². The Morgan fingerprint density at radius 3 is 1.12 bits per heavy atom. The first-order valence-electron chi connectivity index (χ1n) is 29.2. The monoisotopic (exact) mass is 1100 g/mol. The van der Waals surface area contributed by atoms with Gasteiger partial charge >= 0.3 is 0 Å². The van der Waals surface area contributed by atoms with E-state index in [9.17, 15) is 0 Å². The van der Waals surface area contributed by atoms with E-state index in [2.05, 4.69) is 354 Å². The molecule has 3 heterocycles. The van der Waals surface area contributed by atoms with Crippen LogP contribution in [0.1, 0.15) is 0 Å². The molecule has 0 saturated carbocycles. The van der Waals surface area contributed by atoms with Crippen molar-refractivity contribution in [1.82, 2.24) is 4.57 Å². The molecule has 0 fully saturated rings. The predicted molar refractivity (Wildman–Crippen MR) is 362 cm³/mol. The highest BCUT2D eigenvalue weighted by Crippen LogP contribution is 2.46. The van der Waals surface area contributed by atoms with E-state index in [0.29, 0.717) is 0 Å². The molecule has 3 nitrogen and oxygen atoms in total. The Kier molecular flexibility index (Phi) is 12.0. The molecule has 84 heavy (non-hydrogen) atoms. The lowest BCUT2D eigenvalue weighted by Gasteiger charge is -2.46. The van der Waals surface area contributed by atoms with E-state index < -0.39 is 16.1 Å². The fraction of sp³-hybridized carbons (Fsp3) is 0. The molecule has 0 saturated heterocycles. The second-order valence-corrected chi connectivity index (χ2v) is 29.8. The van der Waals surface area contributed by atoms with Crippen molar-refractivity contribution in [1.29, 1.82) is 0 Å². The van der Waals surface area contributed by atoms with Crippen LogP contribution in [0.15, 0.2) is 340 Å². The summed E-state index contributed by atoms with van der Waals surface area (Å²) in [7, 11) is -6.14. The molecule has 2 aliphatic rings. The van der Waals surface area contributed by atoms with Crippen LogP contribution in [0.3, 0.4) is 0 Å². The predicted octanol–water partition coefficient (Wildman–Crippen LogP) is 11.6. The number of rotatable bonds is 11. The van der Waals surface area contributed by atoms with Gasteiger partial charge in [0.15, 0.2) is 16.1 Å². The molecule has 13 aromatic carbocycles. The summed E-state index contributed by atoms with van der Waals surface area (Å²) in [6, 6.07) is 128. The quantitative estimate of drug-likeness (QED) is 0.0945. The van der Waals surface area contributed by atoms with Gasteiger partial charge in [0.25, 0.3) is 6.71 Å². The van der Waals surface area contributed by atoms with Gasteiger partial charge in [-0.3, -0.25) is 0 Å². The molecule has 14 aromatic rings. The Labute approximate surface area is 493 Å². The maximum atomic E-state index is 2.67. The summed E-state index contributed by atoms with van der Waals surface area (Å²) in [6.45, 7) is -0.148. The molecule has 2 aliphatic heterocycles. The molecule has 0 N–H and O–H groups in total. The molecule has 0 atom stereocenters. The van der Waals surface area contributed by atoms with E-state index in [1.165, 1.54) is 96.8 Å². The molecule has 0 aliphatic carbocycles.